The summed E-state index contributed by atoms with van der Waals surface area (Å²) in [6.07, 6.45) is 0. The third kappa shape index (κ3) is 1.25. The Bertz CT molecular complexity index is 595. The van der Waals surface area contributed by atoms with Gasteiger partial charge >= 0.3 is 0 Å². The standard InChI is InChI=1S/C4H3N11O2/c16-14-3(7-10-12-14)1-2(6-9-5-1)4-8-11-13-15(4)17/h16-17H,(H,5,6,9). The molecule has 0 aromatic carbocycles. The average Bonchev–Trinajstić information content (AvgIpc) is 2.97. The van der Waals surface area contributed by atoms with Crippen LogP contribution in [0, 0.1) is 0 Å². The average molecular weight is 237 g/mol. The van der Waals surface area contributed by atoms with Crippen molar-refractivity contribution in [3.8, 4) is 23.0 Å². The summed E-state index contributed by atoms with van der Waals surface area (Å²) in [7, 11) is 0. The molecule has 0 aliphatic heterocycles. The quantitative estimate of drug-likeness (QED) is 0.407. The Kier molecular flexibility index (Phi) is 1.71. The van der Waals surface area contributed by atoms with Crippen molar-refractivity contribution >= 4 is 0 Å². The van der Waals surface area contributed by atoms with Gasteiger partial charge in [-0.25, -0.2) is 0 Å². The van der Waals surface area contributed by atoms with E-state index in [1.165, 1.54) is 0 Å². The number of hydrogen-bond acceptors (Lipinski definition) is 10. The molecule has 3 N–H and O–H groups in total. The zero-order valence-electron chi connectivity index (χ0n) is 7.87. The van der Waals surface area contributed by atoms with Gasteiger partial charge in [-0.1, -0.05) is 9.69 Å². The van der Waals surface area contributed by atoms with Crippen molar-refractivity contribution in [1.29, 1.82) is 0 Å². The second-order valence-electron chi connectivity index (χ2n) is 2.80. The van der Waals surface area contributed by atoms with E-state index in [9.17, 15) is 10.4 Å². The number of tetrazole rings is 2. The van der Waals surface area contributed by atoms with Gasteiger partial charge in [0, 0.05) is 0 Å². The highest BCUT2D eigenvalue weighted by Crippen LogP contribution is 2.22. The molecule has 0 radical (unpaired) electrons. The van der Waals surface area contributed by atoms with Crippen LogP contribution in [0.2, 0.25) is 0 Å². The van der Waals surface area contributed by atoms with Crippen LogP contribution in [0.25, 0.3) is 23.0 Å². The first-order valence-electron chi connectivity index (χ1n) is 4.14. The van der Waals surface area contributed by atoms with E-state index in [0.717, 1.165) is 0 Å². The topological polar surface area (TPSA) is 169 Å². The second-order valence-corrected chi connectivity index (χ2v) is 2.80. The largest absolute Gasteiger partial charge is 0.409 e. The Balaban J connectivity index is 2.19. The summed E-state index contributed by atoms with van der Waals surface area (Å²) in [5, 5.41) is 48.3. The first kappa shape index (κ1) is 9.13. The minimum atomic E-state index is -0.0725. The molecular weight excluding hydrogens is 234 g/mol. The molecule has 0 spiro atoms. The number of aromatic nitrogens is 11. The highest BCUT2D eigenvalue weighted by atomic mass is 16.5. The maximum atomic E-state index is 9.29. The van der Waals surface area contributed by atoms with E-state index in [1.807, 2.05) is 0 Å². The second kappa shape index (κ2) is 3.19. The van der Waals surface area contributed by atoms with Crippen molar-refractivity contribution in [3.05, 3.63) is 0 Å². The molecule has 0 unspecified atom stereocenters. The van der Waals surface area contributed by atoms with Crippen molar-refractivity contribution < 1.29 is 10.4 Å². The monoisotopic (exact) mass is 237 g/mol. The van der Waals surface area contributed by atoms with Crippen LogP contribution in [0.15, 0.2) is 0 Å². The van der Waals surface area contributed by atoms with Crippen molar-refractivity contribution in [1.82, 2.24) is 56.2 Å². The van der Waals surface area contributed by atoms with Crippen LogP contribution in [0.3, 0.4) is 0 Å². The summed E-state index contributed by atoms with van der Waals surface area (Å²) in [4.78, 5) is 0.819. The van der Waals surface area contributed by atoms with Crippen LogP contribution in [-0.2, 0) is 0 Å². The van der Waals surface area contributed by atoms with Crippen LogP contribution >= 0.6 is 0 Å². The maximum absolute atomic E-state index is 9.29. The Morgan fingerprint density at radius 2 is 1.29 bits per heavy atom. The number of H-pyrrole nitrogens is 1. The van der Waals surface area contributed by atoms with Crippen molar-refractivity contribution in [2.24, 2.45) is 0 Å². The predicted octanol–water partition coefficient (Wildman–Crippen LogP) is -2.41. The van der Waals surface area contributed by atoms with Crippen molar-refractivity contribution in [3.63, 3.8) is 0 Å². The molecule has 3 aromatic rings. The molecule has 3 heterocycles. The zero-order chi connectivity index (χ0) is 11.8. The molecule has 0 fully saturated rings. The Morgan fingerprint density at radius 3 is 1.65 bits per heavy atom. The molecule has 13 heteroatoms. The fraction of sp³-hybridized carbons (Fsp3) is 0. The van der Waals surface area contributed by atoms with Gasteiger partial charge in [0.05, 0.1) is 0 Å². The molecule has 0 amide bonds. The van der Waals surface area contributed by atoms with Crippen molar-refractivity contribution in [2.75, 3.05) is 0 Å². The molecule has 13 nitrogen and oxygen atoms in total. The molecule has 0 atom stereocenters. The van der Waals surface area contributed by atoms with Gasteiger partial charge < -0.3 is 10.4 Å². The summed E-state index contributed by atoms with van der Waals surface area (Å²) >= 11 is 0. The molecule has 17 heavy (non-hydrogen) atoms. The Hall–Kier alpha value is -3.12. The molecule has 0 bridgehead atoms. The fourth-order valence-electron chi connectivity index (χ4n) is 1.19. The van der Waals surface area contributed by atoms with Gasteiger partial charge in [-0.05, 0) is 20.9 Å². The SMILES string of the molecule is On1nnnc1-c1n[nH]nc1-c1nnnn1O. The lowest BCUT2D eigenvalue weighted by Crippen LogP contribution is -2.01. The number of nitrogens with zero attached hydrogens (tertiary/aromatic N) is 10. The lowest BCUT2D eigenvalue weighted by molar-refractivity contribution is 0.145. The molecule has 0 saturated heterocycles. The molecule has 0 saturated carbocycles. The van der Waals surface area contributed by atoms with E-state index < -0.39 is 0 Å². The molecular formula is C4H3N11O2. The third-order valence-corrected chi connectivity index (χ3v) is 1.88. The minimum absolute atomic E-state index is 0.0725. The fourth-order valence-corrected chi connectivity index (χ4v) is 1.19. The van der Waals surface area contributed by atoms with E-state index in [1.54, 1.807) is 0 Å². The smallest absolute Gasteiger partial charge is 0.244 e. The molecule has 3 rings (SSSR count). The van der Waals surface area contributed by atoms with Gasteiger partial charge in [-0.15, -0.1) is 10.2 Å². The van der Waals surface area contributed by atoms with Crippen LogP contribution < -0.4 is 0 Å². The normalized spacial score (nSPS) is 10.8. The van der Waals surface area contributed by atoms with Gasteiger partial charge in [-0.3, -0.25) is 0 Å². The highest BCUT2D eigenvalue weighted by molar-refractivity contribution is 5.68. The summed E-state index contributed by atoms with van der Waals surface area (Å²) in [6.45, 7) is 0. The minimum Gasteiger partial charge on any atom is -0.409 e. The van der Waals surface area contributed by atoms with Crippen LogP contribution in [0.4, 0.5) is 0 Å². The number of hydrogen-bond donors (Lipinski definition) is 3. The van der Waals surface area contributed by atoms with Crippen LogP contribution in [0.5, 0.6) is 0 Å². The van der Waals surface area contributed by atoms with Gasteiger partial charge in [0.1, 0.15) is 0 Å². The first-order chi connectivity index (χ1) is 8.27. The number of rotatable bonds is 2. The predicted molar refractivity (Wildman–Crippen MR) is 44.4 cm³/mol. The van der Waals surface area contributed by atoms with Crippen LogP contribution in [0.1, 0.15) is 0 Å². The summed E-state index contributed by atoms with van der Waals surface area (Å²) in [5.74, 6) is -0.145. The van der Waals surface area contributed by atoms with Gasteiger partial charge in [0.25, 0.3) is 0 Å². The van der Waals surface area contributed by atoms with Gasteiger partial charge in [-0.2, -0.15) is 15.4 Å². The number of nitrogens with one attached hydrogen (secondary N) is 1. The van der Waals surface area contributed by atoms with E-state index >= 15 is 0 Å². The Labute approximate surface area is 90.6 Å². The van der Waals surface area contributed by atoms with Crippen LogP contribution in [-0.4, -0.2) is 66.6 Å². The number of aromatic amines is 1. The van der Waals surface area contributed by atoms with Crippen molar-refractivity contribution in [2.45, 2.75) is 0 Å². The summed E-state index contributed by atoms with van der Waals surface area (Å²) in [5.41, 5.74) is 0.171. The van der Waals surface area contributed by atoms with E-state index in [4.69, 9.17) is 0 Å². The summed E-state index contributed by atoms with van der Waals surface area (Å²) in [6, 6.07) is 0. The molecule has 0 aliphatic carbocycles. The molecule has 3 aromatic heterocycles. The third-order valence-electron chi connectivity index (χ3n) is 1.88. The van der Waals surface area contributed by atoms with E-state index in [-0.39, 0.29) is 23.0 Å². The highest BCUT2D eigenvalue weighted by Gasteiger charge is 2.23. The van der Waals surface area contributed by atoms with E-state index in [0.29, 0.717) is 9.69 Å². The lowest BCUT2D eigenvalue weighted by Gasteiger charge is -1.95. The molecule has 0 aliphatic rings. The lowest BCUT2D eigenvalue weighted by atomic mass is 10.3. The maximum Gasteiger partial charge on any atom is 0.244 e. The molecule has 86 valence electrons. The summed E-state index contributed by atoms with van der Waals surface area (Å²) < 4.78 is 0. The first-order valence-corrected chi connectivity index (χ1v) is 4.14. The Morgan fingerprint density at radius 1 is 0.824 bits per heavy atom. The zero-order valence-corrected chi connectivity index (χ0v) is 7.87. The van der Waals surface area contributed by atoms with Gasteiger partial charge in [0.2, 0.25) is 11.6 Å². The van der Waals surface area contributed by atoms with Gasteiger partial charge in [0.15, 0.2) is 11.4 Å². The van der Waals surface area contributed by atoms with E-state index in [2.05, 4.69) is 46.5 Å².